The summed E-state index contributed by atoms with van der Waals surface area (Å²) < 4.78 is 5.34. The highest BCUT2D eigenvalue weighted by Crippen LogP contribution is 2.50. The lowest BCUT2D eigenvalue weighted by Crippen LogP contribution is -2.65. The van der Waals surface area contributed by atoms with Crippen molar-refractivity contribution in [2.75, 3.05) is 13.2 Å². The number of hydrogen-bond acceptors (Lipinski definition) is 7. The number of aliphatic hydroxyl groups excluding tert-OH is 1. The lowest BCUT2D eigenvalue weighted by atomic mass is 9.79. The zero-order chi connectivity index (χ0) is 20.7. The fraction of sp³-hybridized carbons (Fsp3) is 0.789. The van der Waals surface area contributed by atoms with E-state index in [1.54, 1.807) is 11.8 Å². The predicted octanol–water partition coefficient (Wildman–Crippen LogP) is 0.415. The zero-order valence-corrected chi connectivity index (χ0v) is 17.5. The van der Waals surface area contributed by atoms with E-state index in [1.807, 2.05) is 13.8 Å². The van der Waals surface area contributed by atoms with Crippen molar-refractivity contribution in [3.8, 4) is 0 Å². The molecule has 156 valence electrons. The molecule has 0 aliphatic carbocycles. The lowest BCUT2D eigenvalue weighted by molar-refractivity contribution is -0.172. The Kier molecular flexibility index (Phi) is 6.05. The Bertz CT molecular complexity index is 683. The molecule has 3 aliphatic heterocycles. The van der Waals surface area contributed by atoms with E-state index in [9.17, 15) is 24.3 Å². The number of likely N-dealkylation sites (tertiary alicyclic amines) is 1. The Morgan fingerprint density at radius 3 is 2.54 bits per heavy atom. The minimum absolute atomic E-state index is 0.0827. The van der Waals surface area contributed by atoms with Crippen LogP contribution in [0.5, 0.6) is 0 Å². The van der Waals surface area contributed by atoms with Crippen LogP contribution in [0.4, 0.5) is 0 Å². The molecule has 0 bridgehead atoms. The second-order valence-corrected chi connectivity index (χ2v) is 9.25. The third-order valence-electron chi connectivity index (χ3n) is 5.96. The van der Waals surface area contributed by atoms with Gasteiger partial charge in [-0.3, -0.25) is 19.3 Å². The van der Waals surface area contributed by atoms with Crippen LogP contribution in [0.15, 0.2) is 0 Å². The van der Waals surface area contributed by atoms with Crippen LogP contribution in [0, 0.1) is 11.8 Å². The van der Waals surface area contributed by atoms with Gasteiger partial charge in [-0.1, -0.05) is 13.8 Å². The molecule has 0 saturated carbocycles. The largest absolute Gasteiger partial charge is 0.464 e. The summed E-state index contributed by atoms with van der Waals surface area (Å²) in [6.07, 6.45) is 0.406. The van der Waals surface area contributed by atoms with Gasteiger partial charge in [0, 0.05) is 18.7 Å². The van der Waals surface area contributed by atoms with Gasteiger partial charge in [0.25, 0.3) is 0 Å². The molecule has 3 heterocycles. The summed E-state index contributed by atoms with van der Waals surface area (Å²) in [4.78, 5) is 52.3. The third kappa shape index (κ3) is 3.32. The number of hydrogen-bond donors (Lipinski definition) is 1. The minimum atomic E-state index is -0.798. The number of fused-ring (bicyclic) bond motifs is 1. The quantitative estimate of drug-likeness (QED) is 0.498. The van der Waals surface area contributed by atoms with Gasteiger partial charge in [-0.05, 0) is 25.7 Å². The van der Waals surface area contributed by atoms with Crippen molar-refractivity contribution in [1.82, 2.24) is 9.80 Å². The number of β-lactam (4-membered cyclic amide) rings is 1. The highest BCUT2D eigenvalue weighted by atomic mass is 32.2. The molecule has 3 saturated heterocycles. The van der Waals surface area contributed by atoms with Gasteiger partial charge < -0.3 is 14.7 Å². The normalized spacial score (nSPS) is 35.6. The molecule has 3 fully saturated rings. The van der Waals surface area contributed by atoms with Crippen LogP contribution < -0.4 is 0 Å². The second-order valence-electron chi connectivity index (χ2n) is 7.86. The van der Waals surface area contributed by atoms with Crippen molar-refractivity contribution < 1.29 is 29.0 Å². The molecule has 8 nitrogen and oxygen atoms in total. The van der Waals surface area contributed by atoms with E-state index in [0.29, 0.717) is 19.4 Å². The Balaban J connectivity index is 1.83. The summed E-state index contributed by atoms with van der Waals surface area (Å²) in [5, 5.41) is 9.28. The standard InChI is InChI=1S/C19H28N2O6S/c1-5-8-27-19(26)15-16(28-12-6-7-20(11(4)23)17(12)24)9(2)14-13(10(3)22)18(25)21(14)15/h9-10,12-16,22H,5-8H2,1-4H3. The zero-order valence-electron chi connectivity index (χ0n) is 16.7. The summed E-state index contributed by atoms with van der Waals surface area (Å²) in [6, 6.07) is -1.01. The Morgan fingerprint density at radius 2 is 2.00 bits per heavy atom. The monoisotopic (exact) mass is 412 g/mol. The number of esters is 1. The fourth-order valence-electron chi connectivity index (χ4n) is 4.61. The maximum atomic E-state index is 12.8. The van der Waals surface area contributed by atoms with E-state index in [4.69, 9.17) is 4.74 Å². The van der Waals surface area contributed by atoms with Crippen molar-refractivity contribution in [3.63, 3.8) is 0 Å². The average Bonchev–Trinajstić information content (AvgIpc) is 3.10. The number of imide groups is 1. The van der Waals surface area contributed by atoms with Crippen LogP contribution in [-0.2, 0) is 23.9 Å². The number of thioether (sulfide) groups is 1. The smallest absolute Gasteiger partial charge is 0.330 e. The number of nitrogens with zero attached hydrogens (tertiary/aromatic N) is 2. The van der Waals surface area contributed by atoms with Crippen LogP contribution in [0.25, 0.3) is 0 Å². The molecule has 0 spiro atoms. The SMILES string of the molecule is CCCOC(=O)C1C(SC2CCN(C(C)=O)C2=O)C(C)C2C(C(C)O)C(=O)N12. The highest BCUT2D eigenvalue weighted by Gasteiger charge is 2.65. The van der Waals surface area contributed by atoms with E-state index < -0.39 is 29.3 Å². The number of carbonyl (C=O) groups excluding carboxylic acids is 4. The average molecular weight is 413 g/mol. The molecule has 0 aromatic heterocycles. The van der Waals surface area contributed by atoms with Gasteiger partial charge in [0.2, 0.25) is 17.7 Å². The summed E-state index contributed by atoms with van der Waals surface area (Å²) >= 11 is 1.37. The Morgan fingerprint density at radius 1 is 1.32 bits per heavy atom. The molecular formula is C19H28N2O6S. The van der Waals surface area contributed by atoms with Gasteiger partial charge in [0.15, 0.2) is 0 Å². The maximum absolute atomic E-state index is 12.8. The van der Waals surface area contributed by atoms with E-state index >= 15 is 0 Å². The molecule has 3 aliphatic rings. The molecule has 28 heavy (non-hydrogen) atoms. The fourth-order valence-corrected chi connectivity index (χ4v) is 6.27. The first-order valence-electron chi connectivity index (χ1n) is 9.85. The van der Waals surface area contributed by atoms with Crippen LogP contribution >= 0.6 is 11.8 Å². The van der Waals surface area contributed by atoms with Gasteiger partial charge >= 0.3 is 5.97 Å². The molecule has 7 atom stereocenters. The number of rotatable bonds is 6. The van der Waals surface area contributed by atoms with E-state index in [1.165, 1.54) is 23.6 Å². The van der Waals surface area contributed by atoms with E-state index in [0.717, 1.165) is 0 Å². The molecule has 3 amide bonds. The van der Waals surface area contributed by atoms with Crippen LogP contribution in [0.1, 0.15) is 40.5 Å². The number of amides is 3. The number of aliphatic hydroxyl groups is 1. The van der Waals surface area contributed by atoms with Gasteiger partial charge in [0.05, 0.1) is 29.9 Å². The lowest BCUT2D eigenvalue weighted by Gasteiger charge is -2.47. The third-order valence-corrected chi connectivity index (χ3v) is 7.73. The van der Waals surface area contributed by atoms with Gasteiger partial charge in [-0.2, -0.15) is 0 Å². The molecule has 3 rings (SSSR count). The topological polar surface area (TPSA) is 104 Å². The summed E-state index contributed by atoms with van der Waals surface area (Å²) in [5.41, 5.74) is 0. The molecule has 1 N–H and O–H groups in total. The number of ether oxygens (including phenoxy) is 1. The molecule has 0 radical (unpaired) electrons. The van der Waals surface area contributed by atoms with Gasteiger partial charge in [0.1, 0.15) is 6.04 Å². The van der Waals surface area contributed by atoms with Crippen LogP contribution in [-0.4, -0.2) is 80.4 Å². The second kappa shape index (κ2) is 8.02. The molecule has 7 unspecified atom stereocenters. The van der Waals surface area contributed by atoms with Crippen LogP contribution in [0.2, 0.25) is 0 Å². The van der Waals surface area contributed by atoms with Gasteiger partial charge in [-0.25, -0.2) is 4.79 Å². The Hall–Kier alpha value is -1.61. The van der Waals surface area contributed by atoms with Crippen LogP contribution in [0.3, 0.4) is 0 Å². The van der Waals surface area contributed by atoms with E-state index in [-0.39, 0.29) is 41.5 Å². The molecule has 0 aromatic carbocycles. The van der Waals surface area contributed by atoms with Crippen molar-refractivity contribution in [2.24, 2.45) is 11.8 Å². The first-order valence-corrected chi connectivity index (χ1v) is 10.8. The highest BCUT2D eigenvalue weighted by molar-refractivity contribution is 8.01. The van der Waals surface area contributed by atoms with Crippen molar-refractivity contribution >= 4 is 35.5 Å². The summed E-state index contributed by atoms with van der Waals surface area (Å²) in [6.45, 7) is 7.45. The first kappa shape index (κ1) is 21.1. The summed E-state index contributed by atoms with van der Waals surface area (Å²) in [7, 11) is 0. The molecular weight excluding hydrogens is 384 g/mol. The number of carbonyl (C=O) groups is 4. The minimum Gasteiger partial charge on any atom is -0.464 e. The first-order chi connectivity index (χ1) is 13.2. The predicted molar refractivity (Wildman–Crippen MR) is 102 cm³/mol. The van der Waals surface area contributed by atoms with Crippen molar-refractivity contribution in [1.29, 1.82) is 0 Å². The summed E-state index contributed by atoms with van der Waals surface area (Å²) in [5.74, 6) is -1.83. The van der Waals surface area contributed by atoms with Crippen molar-refractivity contribution in [2.45, 2.75) is 69.2 Å². The Labute approximate surface area is 168 Å². The molecule has 9 heteroatoms. The molecule has 0 aromatic rings. The maximum Gasteiger partial charge on any atom is 0.330 e. The van der Waals surface area contributed by atoms with E-state index in [2.05, 4.69) is 0 Å². The van der Waals surface area contributed by atoms with Crippen molar-refractivity contribution in [3.05, 3.63) is 0 Å². The van der Waals surface area contributed by atoms with Gasteiger partial charge in [-0.15, -0.1) is 11.8 Å².